The van der Waals surface area contributed by atoms with Crippen molar-refractivity contribution in [3.05, 3.63) is 249 Å². The smallest absolute Gasteiger partial charge is 0.252 e. The number of hydrogen-bond acceptors (Lipinski definition) is 5. The Hall–Kier alpha value is -8.88. The van der Waals surface area contributed by atoms with Gasteiger partial charge in [-0.3, -0.25) is 0 Å². The number of benzene rings is 11. The van der Waals surface area contributed by atoms with Crippen LogP contribution in [0.2, 0.25) is 0 Å². The summed E-state index contributed by atoms with van der Waals surface area (Å²) >= 11 is 3.75. The Balaban J connectivity index is 1.10. The van der Waals surface area contributed by atoms with E-state index in [-0.39, 0.29) is 6.71 Å². The zero-order valence-corrected chi connectivity index (χ0v) is 41.0. The third kappa shape index (κ3) is 5.89. The van der Waals surface area contributed by atoms with E-state index in [9.17, 15) is 0 Å². The molecule has 14 aromatic rings. The second-order valence-electron chi connectivity index (χ2n) is 19.2. The molecule has 4 nitrogen and oxygen atoms in total. The predicted molar refractivity (Wildman–Crippen MR) is 315 cm³/mol. The van der Waals surface area contributed by atoms with Crippen LogP contribution in [0.5, 0.6) is 0 Å². The van der Waals surface area contributed by atoms with Crippen molar-refractivity contribution < 1.29 is 0 Å². The summed E-state index contributed by atoms with van der Waals surface area (Å²) in [5.41, 5.74) is 17.7. The summed E-state index contributed by atoms with van der Waals surface area (Å²) in [4.78, 5) is 7.73. The molecule has 0 fully saturated rings. The fourth-order valence-corrected chi connectivity index (χ4v) is 14.7. The molecule has 0 bridgehead atoms. The first-order valence-electron chi connectivity index (χ1n) is 25.0. The van der Waals surface area contributed by atoms with Crippen LogP contribution < -0.4 is 31.1 Å². The van der Waals surface area contributed by atoms with Gasteiger partial charge in [0.25, 0.3) is 6.71 Å². The zero-order chi connectivity index (χ0) is 47.7. The molecule has 2 aliphatic rings. The quantitative estimate of drug-likeness (QED) is 0.154. The first-order chi connectivity index (χ1) is 36.3. The van der Waals surface area contributed by atoms with Crippen LogP contribution in [0.15, 0.2) is 249 Å². The molecule has 0 saturated heterocycles. The maximum Gasteiger partial charge on any atom is 0.252 e. The number of aromatic nitrogens is 1. The van der Waals surface area contributed by atoms with Gasteiger partial charge in [-0.05, 0) is 120 Å². The second-order valence-corrected chi connectivity index (χ2v) is 21.3. The third-order valence-electron chi connectivity index (χ3n) is 15.3. The Morgan fingerprint density at radius 2 is 0.836 bits per heavy atom. The number of fused-ring (bicyclic) bond motifs is 15. The Kier molecular flexibility index (Phi) is 8.84. The molecule has 0 unspecified atom stereocenters. The van der Waals surface area contributed by atoms with Crippen LogP contribution >= 0.6 is 22.7 Å². The third-order valence-corrected chi connectivity index (χ3v) is 17.6. The Labute approximate surface area is 430 Å². The maximum atomic E-state index is 2.61. The highest BCUT2D eigenvalue weighted by molar-refractivity contribution is 7.26. The van der Waals surface area contributed by atoms with Gasteiger partial charge in [-0.1, -0.05) is 146 Å². The topological polar surface area (TPSA) is 14.7 Å². The number of thiophene rings is 2. The van der Waals surface area contributed by atoms with Gasteiger partial charge >= 0.3 is 0 Å². The fraction of sp³-hybridized carbons (Fsp3) is 0. The largest absolute Gasteiger partial charge is 0.311 e. The SMILES string of the molecule is c1ccc(N(c2cc3c4c(c2)N(c2ccccc2)c2c(ccc5c2c2ccccc2n5-c2ccccc2)B4c2ccc4sc5ccccc5c4c2N3c2ccccc2)c2cccc3sc4ccccc4c23)cc1. The van der Waals surface area contributed by atoms with Gasteiger partial charge < -0.3 is 19.3 Å². The van der Waals surface area contributed by atoms with Gasteiger partial charge in [0.2, 0.25) is 0 Å². The molecule has 0 radical (unpaired) electrons. The number of anilines is 9. The van der Waals surface area contributed by atoms with E-state index >= 15 is 0 Å². The predicted octanol–water partition coefficient (Wildman–Crippen LogP) is 17.1. The molecule has 0 N–H and O–H groups in total. The van der Waals surface area contributed by atoms with E-state index in [1.807, 2.05) is 22.7 Å². The van der Waals surface area contributed by atoms with E-state index in [4.69, 9.17) is 0 Å². The van der Waals surface area contributed by atoms with Gasteiger partial charge in [-0.15, -0.1) is 22.7 Å². The lowest BCUT2D eigenvalue weighted by Gasteiger charge is -2.45. The molecule has 2 aliphatic heterocycles. The lowest BCUT2D eigenvalue weighted by Crippen LogP contribution is -2.61. The molecular formula is C66H41BN4S2. The van der Waals surface area contributed by atoms with Gasteiger partial charge in [-0.25, -0.2) is 0 Å². The van der Waals surface area contributed by atoms with Gasteiger partial charge in [0.15, 0.2) is 0 Å². The number of hydrogen-bond donors (Lipinski definition) is 0. The lowest BCUT2D eigenvalue weighted by molar-refractivity contribution is 1.18. The van der Waals surface area contributed by atoms with Gasteiger partial charge in [0, 0.05) is 85.2 Å². The minimum Gasteiger partial charge on any atom is -0.311 e. The number of para-hydroxylation sites is 5. The second kappa shape index (κ2) is 15.8. The Morgan fingerprint density at radius 1 is 0.342 bits per heavy atom. The molecule has 3 aromatic heterocycles. The van der Waals surface area contributed by atoms with Crippen LogP contribution in [0.4, 0.5) is 51.2 Å². The van der Waals surface area contributed by atoms with Crippen molar-refractivity contribution in [2.75, 3.05) is 14.7 Å². The summed E-state index contributed by atoms with van der Waals surface area (Å²) in [5, 5.41) is 7.56. The summed E-state index contributed by atoms with van der Waals surface area (Å²) in [7, 11) is 0. The molecule has 0 atom stereocenters. The minimum atomic E-state index is -0.107. The molecule has 0 spiro atoms. The van der Waals surface area contributed by atoms with E-state index in [1.165, 1.54) is 95.6 Å². The highest BCUT2D eigenvalue weighted by Crippen LogP contribution is 2.54. The van der Waals surface area contributed by atoms with Crippen molar-refractivity contribution in [2.45, 2.75) is 0 Å². The molecule has 340 valence electrons. The van der Waals surface area contributed by atoms with E-state index in [1.54, 1.807) is 0 Å². The zero-order valence-electron chi connectivity index (χ0n) is 39.4. The fourth-order valence-electron chi connectivity index (χ4n) is 12.4. The van der Waals surface area contributed by atoms with Crippen LogP contribution in [0.25, 0.3) is 67.8 Å². The van der Waals surface area contributed by atoms with Crippen LogP contribution in [-0.4, -0.2) is 11.3 Å². The van der Waals surface area contributed by atoms with Crippen LogP contribution in [0.1, 0.15) is 0 Å². The lowest BCUT2D eigenvalue weighted by atomic mass is 9.33. The molecule has 0 amide bonds. The summed E-state index contributed by atoms with van der Waals surface area (Å²) in [6, 6.07) is 92.4. The van der Waals surface area contributed by atoms with Gasteiger partial charge in [0.05, 0.1) is 33.8 Å². The van der Waals surface area contributed by atoms with E-state index < -0.39 is 0 Å². The van der Waals surface area contributed by atoms with Gasteiger partial charge in [-0.2, -0.15) is 0 Å². The average molecular weight is 965 g/mol. The molecule has 73 heavy (non-hydrogen) atoms. The van der Waals surface area contributed by atoms with Crippen molar-refractivity contribution in [3.8, 4) is 5.69 Å². The number of rotatable bonds is 6. The van der Waals surface area contributed by atoms with E-state index in [0.29, 0.717) is 0 Å². The van der Waals surface area contributed by atoms with E-state index in [2.05, 4.69) is 268 Å². The normalized spacial score (nSPS) is 12.8. The molecule has 7 heteroatoms. The summed E-state index contributed by atoms with van der Waals surface area (Å²) in [5.74, 6) is 0. The van der Waals surface area contributed by atoms with Crippen molar-refractivity contribution in [2.24, 2.45) is 0 Å². The van der Waals surface area contributed by atoms with E-state index in [0.717, 1.165) is 39.8 Å². The van der Waals surface area contributed by atoms with Crippen molar-refractivity contribution in [1.82, 2.24) is 4.57 Å². The van der Waals surface area contributed by atoms with Crippen LogP contribution in [0.3, 0.4) is 0 Å². The summed E-state index contributed by atoms with van der Waals surface area (Å²) in [6.45, 7) is -0.107. The van der Waals surface area contributed by atoms with Crippen LogP contribution in [-0.2, 0) is 0 Å². The highest BCUT2D eigenvalue weighted by Gasteiger charge is 2.46. The van der Waals surface area contributed by atoms with Crippen molar-refractivity contribution in [1.29, 1.82) is 0 Å². The van der Waals surface area contributed by atoms with Crippen LogP contribution in [0, 0.1) is 0 Å². The molecule has 11 aromatic carbocycles. The van der Waals surface area contributed by atoms with Gasteiger partial charge in [0.1, 0.15) is 0 Å². The molecule has 16 rings (SSSR count). The monoisotopic (exact) mass is 964 g/mol. The first kappa shape index (κ1) is 40.8. The maximum absolute atomic E-state index is 2.61. The number of nitrogens with zero attached hydrogens (tertiary/aromatic N) is 4. The van der Waals surface area contributed by atoms with Crippen molar-refractivity contribution in [3.63, 3.8) is 0 Å². The minimum absolute atomic E-state index is 0.107. The Morgan fingerprint density at radius 3 is 1.48 bits per heavy atom. The van der Waals surface area contributed by atoms with Crippen molar-refractivity contribution >= 4 is 159 Å². The standard InChI is InChI=1S/C66H41BN4S2/c1-5-20-42(21-6-1)68(53-32-19-35-59-61(53)48-29-14-17-33-57(48)72-59)46-40-55-64-56(41-46)71(45-26-11-4-12-27-45)66-51(37-39-60-63(66)49-30-15-18-34-58(49)73-60)67(64)50-36-38-54-62(65(50)70(55)44-24-9-3-10-25-44)47-28-13-16-31-52(47)69(54)43-22-7-2-8-23-43/h1-41H. The molecule has 0 aliphatic carbocycles. The summed E-state index contributed by atoms with van der Waals surface area (Å²) in [6.07, 6.45) is 0. The molecule has 5 heterocycles. The highest BCUT2D eigenvalue weighted by atomic mass is 32.1. The first-order valence-corrected chi connectivity index (χ1v) is 26.6. The summed E-state index contributed by atoms with van der Waals surface area (Å²) < 4.78 is 7.58. The molecular weight excluding hydrogens is 924 g/mol. The average Bonchev–Trinajstić information content (AvgIpc) is 4.15. The Bertz CT molecular complexity index is 4530. The molecule has 0 saturated carbocycles.